The Hall–Kier alpha value is -2.36. The van der Waals surface area contributed by atoms with Crippen LogP contribution in [0.1, 0.15) is 52.7 Å². The van der Waals surface area contributed by atoms with Gasteiger partial charge in [0, 0.05) is 5.56 Å². The van der Waals surface area contributed by atoms with Crippen LogP contribution in [0, 0.1) is 0 Å². The molecule has 2 aromatic rings. The summed E-state index contributed by atoms with van der Waals surface area (Å²) in [7, 11) is 0. The molecular weight excluding hydrogens is 304 g/mol. The largest absolute Gasteiger partial charge is 0.508 e. The van der Waals surface area contributed by atoms with E-state index in [-0.39, 0.29) is 33.8 Å². The Morgan fingerprint density at radius 3 is 1.54 bits per heavy atom. The smallest absolute Gasteiger partial charge is 0.157 e. The monoisotopic (exact) mass is 332 g/mol. The van der Waals surface area contributed by atoms with Crippen LogP contribution in [0.25, 0.3) is 0 Å². The van der Waals surface area contributed by atoms with Crippen molar-refractivity contribution in [3.63, 3.8) is 0 Å². The molecule has 2 rings (SSSR count). The van der Waals surface area contributed by atoms with Crippen molar-refractivity contribution < 1.29 is 20.4 Å². The van der Waals surface area contributed by atoms with Crippen LogP contribution < -0.4 is 0 Å². The van der Waals surface area contributed by atoms with E-state index in [0.717, 1.165) is 11.1 Å². The molecular formula is C20H28O4. The topological polar surface area (TPSA) is 80.9 Å². The van der Waals surface area contributed by atoms with Gasteiger partial charge in [0.05, 0.1) is 0 Å². The van der Waals surface area contributed by atoms with E-state index in [1.807, 2.05) is 26.8 Å². The Bertz CT molecular complexity index is 692. The van der Waals surface area contributed by atoms with Gasteiger partial charge in [-0.3, -0.25) is 0 Å². The van der Waals surface area contributed by atoms with Crippen molar-refractivity contribution >= 4 is 0 Å². The molecule has 132 valence electrons. The summed E-state index contributed by atoms with van der Waals surface area (Å²) in [6.07, 6.45) is 0. The average molecular weight is 332 g/mol. The van der Waals surface area contributed by atoms with Crippen molar-refractivity contribution in [3.05, 3.63) is 47.5 Å². The zero-order valence-electron chi connectivity index (χ0n) is 15.3. The summed E-state index contributed by atoms with van der Waals surface area (Å²) in [5.74, 6) is 0.309. The van der Waals surface area contributed by atoms with Crippen LogP contribution in [0.3, 0.4) is 0 Å². The van der Waals surface area contributed by atoms with Gasteiger partial charge >= 0.3 is 0 Å². The Labute approximate surface area is 144 Å². The van der Waals surface area contributed by atoms with Crippen LogP contribution >= 0.6 is 0 Å². The number of phenols is 4. The highest BCUT2D eigenvalue weighted by molar-refractivity contribution is 5.43. The summed E-state index contributed by atoms with van der Waals surface area (Å²) >= 11 is 0. The number of phenolic OH excluding ortho intramolecular Hbond substituents is 4. The summed E-state index contributed by atoms with van der Waals surface area (Å²) in [5, 5.41) is 36.9. The molecule has 0 aliphatic carbocycles. The second-order valence-electron chi connectivity index (χ2n) is 7.90. The van der Waals surface area contributed by atoms with Crippen molar-refractivity contribution in [2.45, 2.75) is 52.4 Å². The van der Waals surface area contributed by atoms with Crippen LogP contribution in [0.5, 0.6) is 23.0 Å². The first-order valence-corrected chi connectivity index (χ1v) is 7.87. The zero-order chi connectivity index (χ0) is 18.7. The summed E-state index contributed by atoms with van der Waals surface area (Å²) in [5.41, 5.74) is 1.65. The Balaban J connectivity index is 0.000000240. The number of hydrogen-bond acceptors (Lipinski definition) is 4. The molecule has 4 heteroatoms. The van der Waals surface area contributed by atoms with E-state index in [0.29, 0.717) is 0 Å². The Kier molecular flexibility index (Phi) is 5.77. The lowest BCUT2D eigenvalue weighted by Crippen LogP contribution is -2.10. The second-order valence-corrected chi connectivity index (χ2v) is 7.90. The maximum atomic E-state index is 9.46. The fourth-order valence-electron chi connectivity index (χ4n) is 2.11. The molecule has 0 bridgehead atoms. The summed E-state index contributed by atoms with van der Waals surface area (Å²) in [4.78, 5) is 0. The molecule has 4 nitrogen and oxygen atoms in total. The Morgan fingerprint density at radius 1 is 0.583 bits per heavy atom. The maximum absolute atomic E-state index is 9.46. The lowest BCUT2D eigenvalue weighted by Gasteiger charge is -2.20. The van der Waals surface area contributed by atoms with E-state index in [2.05, 4.69) is 20.8 Å². The van der Waals surface area contributed by atoms with Gasteiger partial charge in [-0.1, -0.05) is 47.6 Å². The summed E-state index contributed by atoms with van der Waals surface area (Å²) in [6.45, 7) is 12.1. The molecule has 0 amide bonds. The molecule has 0 spiro atoms. The van der Waals surface area contributed by atoms with Crippen LogP contribution in [-0.2, 0) is 10.8 Å². The van der Waals surface area contributed by atoms with Crippen LogP contribution in [-0.4, -0.2) is 20.4 Å². The predicted octanol–water partition coefficient (Wildman–Crippen LogP) is 4.79. The minimum Gasteiger partial charge on any atom is -0.508 e. The highest BCUT2D eigenvalue weighted by Gasteiger charge is 2.18. The molecule has 0 saturated heterocycles. The van der Waals surface area contributed by atoms with Gasteiger partial charge < -0.3 is 20.4 Å². The first-order chi connectivity index (χ1) is 10.8. The van der Waals surface area contributed by atoms with Crippen LogP contribution in [0.2, 0.25) is 0 Å². The molecule has 0 heterocycles. The van der Waals surface area contributed by atoms with Crippen molar-refractivity contribution in [1.29, 1.82) is 0 Å². The fraction of sp³-hybridized carbons (Fsp3) is 0.400. The van der Waals surface area contributed by atoms with Crippen molar-refractivity contribution in [3.8, 4) is 23.0 Å². The summed E-state index contributed by atoms with van der Waals surface area (Å²) in [6, 6.07) is 9.50. The lowest BCUT2D eigenvalue weighted by atomic mass is 9.86. The Morgan fingerprint density at radius 2 is 1.12 bits per heavy atom. The third-order valence-electron chi connectivity index (χ3n) is 3.63. The molecule has 24 heavy (non-hydrogen) atoms. The van der Waals surface area contributed by atoms with Gasteiger partial charge in [0.1, 0.15) is 11.5 Å². The molecule has 2 aromatic carbocycles. The summed E-state index contributed by atoms with van der Waals surface area (Å²) < 4.78 is 0. The molecule has 0 aliphatic rings. The quantitative estimate of drug-likeness (QED) is 0.413. The number of hydrogen-bond donors (Lipinski definition) is 4. The molecule has 0 aliphatic heterocycles. The number of rotatable bonds is 0. The fourth-order valence-corrected chi connectivity index (χ4v) is 2.11. The van der Waals surface area contributed by atoms with Crippen molar-refractivity contribution in [2.75, 3.05) is 0 Å². The predicted molar refractivity (Wildman–Crippen MR) is 96.9 cm³/mol. The van der Waals surface area contributed by atoms with Gasteiger partial charge in [-0.2, -0.15) is 0 Å². The normalized spacial score (nSPS) is 11.6. The van der Waals surface area contributed by atoms with E-state index in [1.165, 1.54) is 18.2 Å². The van der Waals surface area contributed by atoms with Gasteiger partial charge in [0.25, 0.3) is 0 Å². The molecule has 0 radical (unpaired) electrons. The maximum Gasteiger partial charge on any atom is 0.157 e. The van der Waals surface area contributed by atoms with E-state index >= 15 is 0 Å². The molecule has 0 atom stereocenters. The van der Waals surface area contributed by atoms with Gasteiger partial charge in [0.2, 0.25) is 0 Å². The zero-order valence-corrected chi connectivity index (χ0v) is 15.3. The SMILES string of the molecule is CC(C)(C)c1cc(O)ccc1O.CC(C)(C)c1ccc(O)c(O)c1. The van der Waals surface area contributed by atoms with Crippen LogP contribution in [0.15, 0.2) is 36.4 Å². The molecule has 0 saturated carbocycles. The van der Waals surface area contributed by atoms with Gasteiger partial charge in [0.15, 0.2) is 11.5 Å². The third kappa shape index (κ3) is 5.37. The highest BCUT2D eigenvalue weighted by Crippen LogP contribution is 2.33. The first kappa shape index (κ1) is 19.7. The van der Waals surface area contributed by atoms with E-state index in [4.69, 9.17) is 5.11 Å². The lowest BCUT2D eigenvalue weighted by molar-refractivity contribution is 0.401. The highest BCUT2D eigenvalue weighted by atomic mass is 16.3. The van der Waals surface area contributed by atoms with Crippen molar-refractivity contribution in [2.24, 2.45) is 0 Å². The third-order valence-corrected chi connectivity index (χ3v) is 3.63. The van der Waals surface area contributed by atoms with E-state index in [1.54, 1.807) is 12.1 Å². The molecule has 0 unspecified atom stereocenters. The number of aromatic hydroxyl groups is 4. The first-order valence-electron chi connectivity index (χ1n) is 7.87. The standard InChI is InChI=1S/2C10H14O2/c1-10(2,3)8-6-7(11)4-5-9(8)12;1-10(2,3)7-4-5-8(11)9(12)6-7/h2*4-6,11-12H,1-3H3. The van der Waals surface area contributed by atoms with Gasteiger partial charge in [-0.15, -0.1) is 0 Å². The molecule has 0 aromatic heterocycles. The van der Waals surface area contributed by atoms with Crippen molar-refractivity contribution in [1.82, 2.24) is 0 Å². The number of benzene rings is 2. The van der Waals surface area contributed by atoms with Crippen LogP contribution in [0.4, 0.5) is 0 Å². The van der Waals surface area contributed by atoms with E-state index in [9.17, 15) is 15.3 Å². The average Bonchev–Trinajstić information content (AvgIpc) is 2.43. The minimum atomic E-state index is -0.136. The minimum absolute atomic E-state index is 0.00514. The molecule has 4 N–H and O–H groups in total. The van der Waals surface area contributed by atoms with Gasteiger partial charge in [-0.25, -0.2) is 0 Å². The van der Waals surface area contributed by atoms with Gasteiger partial charge in [-0.05, 0) is 46.7 Å². The van der Waals surface area contributed by atoms with E-state index < -0.39 is 0 Å². The second kappa shape index (κ2) is 7.04. The molecule has 0 fully saturated rings.